The molecular formula is C26H34F7N7O4Si. The van der Waals surface area contributed by atoms with E-state index in [9.17, 15) is 40.3 Å². The van der Waals surface area contributed by atoms with Crippen molar-refractivity contribution in [3.8, 4) is 0 Å². The highest BCUT2D eigenvalue weighted by Crippen LogP contribution is 2.32. The summed E-state index contributed by atoms with van der Waals surface area (Å²) in [5, 5.41) is 6.28. The summed E-state index contributed by atoms with van der Waals surface area (Å²) in [6.45, 7) is 7.08. The Hall–Kier alpha value is -3.58. The fourth-order valence-electron chi connectivity index (χ4n) is 4.03. The van der Waals surface area contributed by atoms with Gasteiger partial charge in [0.1, 0.15) is 18.5 Å². The van der Waals surface area contributed by atoms with Crippen molar-refractivity contribution in [1.29, 1.82) is 0 Å². The van der Waals surface area contributed by atoms with E-state index < -0.39 is 67.7 Å². The second-order valence-corrected chi connectivity index (χ2v) is 17.2. The van der Waals surface area contributed by atoms with Crippen LogP contribution in [0.3, 0.4) is 0 Å². The number of amides is 1. The van der Waals surface area contributed by atoms with Crippen LogP contribution in [-0.2, 0) is 33.5 Å². The minimum absolute atomic E-state index is 0.0407. The van der Waals surface area contributed by atoms with Gasteiger partial charge in [-0.3, -0.25) is 14.4 Å². The van der Waals surface area contributed by atoms with Crippen LogP contribution in [0.4, 0.5) is 42.4 Å². The van der Waals surface area contributed by atoms with E-state index in [1.54, 1.807) is 0 Å². The molecule has 1 amide bonds. The van der Waals surface area contributed by atoms with Gasteiger partial charge in [0, 0.05) is 45.7 Å². The fraction of sp³-hybridized carbons (Fsp3) is 0.577. The highest BCUT2D eigenvalue weighted by Gasteiger charge is 2.38. The first-order valence-electron chi connectivity index (χ1n) is 13.8. The Kier molecular flexibility index (Phi) is 11.7. The molecule has 11 nitrogen and oxygen atoms in total. The minimum Gasteiger partial charge on any atom is -0.378 e. The molecule has 0 radical (unpaired) electrons. The summed E-state index contributed by atoms with van der Waals surface area (Å²) in [4.78, 5) is 38.5. The van der Waals surface area contributed by atoms with Crippen molar-refractivity contribution in [2.24, 2.45) is 0 Å². The highest BCUT2D eigenvalue weighted by molar-refractivity contribution is 6.76. The third-order valence-electron chi connectivity index (χ3n) is 6.46. The van der Waals surface area contributed by atoms with Gasteiger partial charge >= 0.3 is 12.4 Å². The van der Waals surface area contributed by atoms with Gasteiger partial charge in [-0.2, -0.15) is 31.4 Å². The molecule has 0 spiro atoms. The second-order valence-electron chi connectivity index (χ2n) is 11.6. The number of halogens is 7. The molecule has 1 fully saturated rings. The quantitative estimate of drug-likeness (QED) is 0.111. The molecule has 250 valence electrons. The number of hydrogen-bond acceptors (Lipinski definition) is 9. The first kappa shape index (κ1) is 35.9. The highest BCUT2D eigenvalue weighted by atomic mass is 28.3. The SMILES string of the molecule is CC(CONC(=O)/C=C1\CCN(c2ncc(C(F)(F)F)cn2)CC1F)Nc1cnn(COCC[Si](C)(C)C)c(=O)c1C(F)(F)F. The molecule has 2 atom stereocenters. The molecule has 0 aromatic carbocycles. The third-order valence-corrected chi connectivity index (χ3v) is 8.17. The van der Waals surface area contributed by atoms with E-state index in [1.165, 1.54) is 11.8 Å². The van der Waals surface area contributed by atoms with Crippen LogP contribution in [0.25, 0.3) is 0 Å². The first-order chi connectivity index (χ1) is 20.8. The predicted octanol–water partition coefficient (Wildman–Crippen LogP) is 4.41. The Bertz CT molecular complexity index is 1400. The molecule has 0 saturated carbocycles. The number of ether oxygens (including phenoxy) is 1. The number of nitrogens with one attached hydrogen (secondary N) is 2. The maximum absolute atomic E-state index is 14.7. The lowest BCUT2D eigenvalue weighted by molar-refractivity contribution is -0.139. The van der Waals surface area contributed by atoms with E-state index in [4.69, 9.17) is 9.57 Å². The molecule has 45 heavy (non-hydrogen) atoms. The average molecular weight is 670 g/mol. The van der Waals surface area contributed by atoms with Crippen LogP contribution in [0.2, 0.25) is 25.7 Å². The lowest BCUT2D eigenvalue weighted by Crippen LogP contribution is -2.39. The maximum Gasteiger partial charge on any atom is 0.423 e. The largest absolute Gasteiger partial charge is 0.423 e. The molecule has 0 bridgehead atoms. The van der Waals surface area contributed by atoms with Crippen LogP contribution in [0, 0.1) is 0 Å². The summed E-state index contributed by atoms with van der Waals surface area (Å²) in [5.74, 6) is -0.931. The van der Waals surface area contributed by atoms with Crippen molar-refractivity contribution in [3.63, 3.8) is 0 Å². The summed E-state index contributed by atoms with van der Waals surface area (Å²) >= 11 is 0. The van der Waals surface area contributed by atoms with Crippen LogP contribution in [0.5, 0.6) is 0 Å². The van der Waals surface area contributed by atoms with Crippen LogP contribution >= 0.6 is 0 Å². The van der Waals surface area contributed by atoms with Gasteiger partial charge in [0.15, 0.2) is 0 Å². The number of alkyl halides is 7. The topological polar surface area (TPSA) is 124 Å². The molecule has 3 heterocycles. The van der Waals surface area contributed by atoms with E-state index in [0.29, 0.717) is 17.1 Å². The number of anilines is 2. The lowest BCUT2D eigenvalue weighted by atomic mass is 10.0. The number of rotatable bonds is 12. The molecule has 3 rings (SSSR count). The fourth-order valence-corrected chi connectivity index (χ4v) is 4.79. The Morgan fingerprint density at radius 1 is 1.13 bits per heavy atom. The summed E-state index contributed by atoms with van der Waals surface area (Å²) in [5.41, 5.74) is -2.33. The van der Waals surface area contributed by atoms with Crippen LogP contribution < -0.4 is 21.3 Å². The number of hydroxylamine groups is 1. The van der Waals surface area contributed by atoms with Gasteiger partial charge in [-0.25, -0.2) is 24.5 Å². The smallest absolute Gasteiger partial charge is 0.378 e. The molecule has 1 saturated heterocycles. The van der Waals surface area contributed by atoms with E-state index in [0.717, 1.165) is 18.3 Å². The molecule has 1 aliphatic heterocycles. The van der Waals surface area contributed by atoms with Crippen molar-refractivity contribution < 1.29 is 45.1 Å². The van der Waals surface area contributed by atoms with Gasteiger partial charge in [-0.1, -0.05) is 19.6 Å². The second kappa shape index (κ2) is 14.7. The van der Waals surface area contributed by atoms with Crippen molar-refractivity contribution in [1.82, 2.24) is 25.2 Å². The number of aromatic nitrogens is 4. The third kappa shape index (κ3) is 10.8. The number of piperidine rings is 1. The summed E-state index contributed by atoms with van der Waals surface area (Å²) in [6, 6.07) is -0.0857. The molecule has 1 aliphatic rings. The van der Waals surface area contributed by atoms with Crippen molar-refractivity contribution in [2.75, 3.05) is 36.5 Å². The zero-order valence-electron chi connectivity index (χ0n) is 24.9. The van der Waals surface area contributed by atoms with E-state index in [-0.39, 0.29) is 44.2 Å². The summed E-state index contributed by atoms with van der Waals surface area (Å²) in [7, 11) is -1.44. The average Bonchev–Trinajstić information content (AvgIpc) is 2.91. The van der Waals surface area contributed by atoms with Crippen molar-refractivity contribution >= 4 is 25.6 Å². The van der Waals surface area contributed by atoms with E-state index in [1.807, 2.05) is 0 Å². The van der Waals surface area contributed by atoms with Crippen molar-refractivity contribution in [3.05, 3.63) is 51.7 Å². The monoisotopic (exact) mass is 669 g/mol. The maximum atomic E-state index is 14.7. The summed E-state index contributed by atoms with van der Waals surface area (Å²) in [6.07, 6.45) is -8.21. The van der Waals surface area contributed by atoms with Crippen LogP contribution in [-0.4, -0.2) is 72.2 Å². The number of carbonyl (C=O) groups is 1. The zero-order chi connectivity index (χ0) is 33.6. The summed E-state index contributed by atoms with van der Waals surface area (Å²) < 4.78 is 100. The molecule has 2 aromatic heterocycles. The molecule has 0 aliphatic carbocycles. The van der Waals surface area contributed by atoms with Gasteiger partial charge in [-0.15, -0.1) is 0 Å². The molecule has 2 unspecified atom stereocenters. The van der Waals surface area contributed by atoms with Crippen LogP contribution in [0.15, 0.2) is 35.0 Å². The van der Waals surface area contributed by atoms with Gasteiger partial charge in [-0.05, 0) is 25.0 Å². The normalized spacial score (nSPS) is 17.8. The lowest BCUT2D eigenvalue weighted by Gasteiger charge is -2.30. The van der Waals surface area contributed by atoms with Crippen molar-refractivity contribution in [2.45, 2.75) is 70.3 Å². The Labute approximate surface area is 254 Å². The molecule has 19 heteroatoms. The Morgan fingerprint density at radius 3 is 2.38 bits per heavy atom. The zero-order valence-corrected chi connectivity index (χ0v) is 25.9. The predicted molar refractivity (Wildman–Crippen MR) is 152 cm³/mol. The standard InChI is InChI=1S/C26H34F7N7O4Si/c1-16(37-20-12-36-40(15-43-7-8-45(2,3)4)23(42)22(20)26(31,32)33)14-44-38-21(41)9-17-5-6-39(13-19(17)27)24-34-10-18(11-35-24)25(28,29)30/h9-12,16,19,37H,5-8,13-15H2,1-4H3,(H,38,41)/b17-9+. The number of nitrogens with zero attached hydrogens (tertiary/aromatic N) is 5. The van der Waals surface area contributed by atoms with Gasteiger partial charge < -0.3 is 15.0 Å². The molecule has 2 N–H and O–H groups in total. The van der Waals surface area contributed by atoms with Crippen LogP contribution in [0.1, 0.15) is 24.5 Å². The van der Waals surface area contributed by atoms with E-state index >= 15 is 0 Å². The molecule has 2 aromatic rings. The number of hydrogen-bond donors (Lipinski definition) is 2. The van der Waals surface area contributed by atoms with Gasteiger partial charge in [0.05, 0.1) is 30.6 Å². The van der Waals surface area contributed by atoms with E-state index in [2.05, 4.69) is 45.5 Å². The Morgan fingerprint density at radius 2 is 1.80 bits per heavy atom. The first-order valence-corrected chi connectivity index (χ1v) is 17.5. The van der Waals surface area contributed by atoms with Gasteiger partial charge in [0.25, 0.3) is 11.5 Å². The Balaban J connectivity index is 1.52. The molecular weight excluding hydrogens is 635 g/mol. The minimum atomic E-state index is -5.00. The number of carbonyl (C=O) groups excluding carboxylic acids is 1. The van der Waals surface area contributed by atoms with Gasteiger partial charge in [0.2, 0.25) is 5.95 Å².